The zero-order chi connectivity index (χ0) is 22.5. The van der Waals surface area contributed by atoms with E-state index < -0.39 is 48.3 Å². The van der Waals surface area contributed by atoms with Crippen LogP contribution in [0.2, 0.25) is 0 Å². The molecule has 0 unspecified atom stereocenters. The fourth-order valence-corrected chi connectivity index (χ4v) is 3.18. The van der Waals surface area contributed by atoms with Crippen LogP contribution in [0.3, 0.4) is 0 Å². The zero-order valence-electron chi connectivity index (χ0n) is 16.6. The Bertz CT molecular complexity index is 972. The van der Waals surface area contributed by atoms with Gasteiger partial charge in [-0.05, 0) is 31.2 Å². The molecule has 1 fully saturated rings. The second-order valence-electron chi connectivity index (χ2n) is 7.00. The summed E-state index contributed by atoms with van der Waals surface area (Å²) in [6.07, 6.45) is 0. The molecule has 10 heteroatoms. The standard InChI is InChI=1S/C21H20F4N2O4/c1-13-10-26(20(28)11-30-18-8-14(22)2-4-16(18)24)6-7-27(13)21(29)12-31-19-9-15(23)3-5-17(19)25/h2-5,8-9,13H,6-7,10-12H2,1H3/t13-/m0/s1. The summed E-state index contributed by atoms with van der Waals surface area (Å²) in [4.78, 5) is 27.7. The predicted molar refractivity (Wildman–Crippen MR) is 101 cm³/mol. The first-order valence-electron chi connectivity index (χ1n) is 9.47. The maximum Gasteiger partial charge on any atom is 0.260 e. The van der Waals surface area contributed by atoms with Gasteiger partial charge in [-0.15, -0.1) is 0 Å². The molecular formula is C21H20F4N2O4. The highest BCUT2D eigenvalue weighted by molar-refractivity contribution is 5.80. The summed E-state index contributed by atoms with van der Waals surface area (Å²) in [5.41, 5.74) is 0. The lowest BCUT2D eigenvalue weighted by molar-refractivity contribution is -0.144. The first kappa shape index (κ1) is 22.4. The van der Waals surface area contributed by atoms with E-state index in [1.807, 2.05) is 0 Å². The van der Waals surface area contributed by atoms with Crippen molar-refractivity contribution in [2.75, 3.05) is 32.8 Å². The average molecular weight is 440 g/mol. The molecule has 0 aromatic heterocycles. The third kappa shape index (κ3) is 5.65. The minimum Gasteiger partial charge on any atom is -0.481 e. The summed E-state index contributed by atoms with van der Waals surface area (Å²) < 4.78 is 63.7. The van der Waals surface area contributed by atoms with E-state index in [0.29, 0.717) is 0 Å². The number of hydrogen-bond donors (Lipinski definition) is 0. The first-order chi connectivity index (χ1) is 14.7. The maximum absolute atomic E-state index is 13.6. The highest BCUT2D eigenvalue weighted by Gasteiger charge is 2.30. The molecule has 0 bridgehead atoms. The minimum atomic E-state index is -0.785. The number of carbonyl (C=O) groups excluding carboxylic acids is 2. The van der Waals surface area contributed by atoms with Gasteiger partial charge in [-0.2, -0.15) is 0 Å². The fraction of sp³-hybridized carbons (Fsp3) is 0.333. The van der Waals surface area contributed by atoms with Crippen LogP contribution >= 0.6 is 0 Å². The second-order valence-corrected chi connectivity index (χ2v) is 7.00. The van der Waals surface area contributed by atoms with E-state index in [4.69, 9.17) is 9.47 Å². The topological polar surface area (TPSA) is 59.1 Å². The van der Waals surface area contributed by atoms with E-state index >= 15 is 0 Å². The molecular weight excluding hydrogens is 420 g/mol. The molecule has 1 atom stereocenters. The van der Waals surface area contributed by atoms with Gasteiger partial charge < -0.3 is 19.3 Å². The molecule has 2 amide bonds. The second kappa shape index (κ2) is 9.67. The van der Waals surface area contributed by atoms with Crippen molar-refractivity contribution in [3.63, 3.8) is 0 Å². The van der Waals surface area contributed by atoms with Crippen LogP contribution in [0.1, 0.15) is 6.92 Å². The fourth-order valence-electron chi connectivity index (χ4n) is 3.18. The van der Waals surface area contributed by atoms with Crippen LogP contribution in [0.5, 0.6) is 11.5 Å². The van der Waals surface area contributed by atoms with E-state index in [2.05, 4.69) is 0 Å². The lowest BCUT2D eigenvalue weighted by Gasteiger charge is -2.39. The Morgan fingerprint density at radius 2 is 1.39 bits per heavy atom. The number of ether oxygens (including phenoxy) is 2. The lowest BCUT2D eigenvalue weighted by atomic mass is 10.2. The van der Waals surface area contributed by atoms with Gasteiger partial charge in [0.15, 0.2) is 36.3 Å². The van der Waals surface area contributed by atoms with E-state index in [0.717, 1.165) is 36.4 Å². The zero-order valence-corrected chi connectivity index (χ0v) is 16.6. The van der Waals surface area contributed by atoms with E-state index in [-0.39, 0.29) is 37.2 Å². The third-order valence-corrected chi connectivity index (χ3v) is 4.79. The molecule has 2 aromatic carbocycles. The quantitative estimate of drug-likeness (QED) is 0.649. The molecule has 1 aliphatic heterocycles. The number of hydrogen-bond acceptors (Lipinski definition) is 4. The molecule has 166 valence electrons. The summed E-state index contributed by atoms with van der Waals surface area (Å²) in [6, 6.07) is 5.01. The highest BCUT2D eigenvalue weighted by atomic mass is 19.1. The van der Waals surface area contributed by atoms with E-state index in [9.17, 15) is 27.2 Å². The van der Waals surface area contributed by atoms with Crippen molar-refractivity contribution in [1.29, 1.82) is 0 Å². The van der Waals surface area contributed by atoms with Crippen LogP contribution in [0.25, 0.3) is 0 Å². The number of nitrogens with zero attached hydrogens (tertiary/aromatic N) is 2. The van der Waals surface area contributed by atoms with Gasteiger partial charge in [-0.25, -0.2) is 17.6 Å². The van der Waals surface area contributed by atoms with Crippen LogP contribution in [0.15, 0.2) is 36.4 Å². The van der Waals surface area contributed by atoms with Crippen molar-refractivity contribution >= 4 is 11.8 Å². The van der Waals surface area contributed by atoms with Crippen LogP contribution in [0, 0.1) is 23.3 Å². The first-order valence-corrected chi connectivity index (χ1v) is 9.47. The summed E-state index contributed by atoms with van der Waals surface area (Å²) >= 11 is 0. The van der Waals surface area contributed by atoms with Gasteiger partial charge in [0.05, 0.1) is 0 Å². The Kier molecular flexibility index (Phi) is 6.98. The Morgan fingerprint density at radius 3 is 1.90 bits per heavy atom. The predicted octanol–water partition coefficient (Wildman–Crippen LogP) is 2.76. The number of carbonyl (C=O) groups is 2. The average Bonchev–Trinajstić information content (AvgIpc) is 2.74. The number of amides is 2. The Hall–Kier alpha value is -3.30. The largest absolute Gasteiger partial charge is 0.481 e. The lowest BCUT2D eigenvalue weighted by Crippen LogP contribution is -2.57. The third-order valence-electron chi connectivity index (χ3n) is 4.79. The highest BCUT2D eigenvalue weighted by Crippen LogP contribution is 2.20. The van der Waals surface area contributed by atoms with Gasteiger partial charge >= 0.3 is 0 Å². The van der Waals surface area contributed by atoms with Gasteiger partial charge in [-0.1, -0.05) is 0 Å². The van der Waals surface area contributed by atoms with Crippen molar-refractivity contribution in [3.05, 3.63) is 59.7 Å². The molecule has 2 aromatic rings. The smallest absolute Gasteiger partial charge is 0.260 e. The monoisotopic (exact) mass is 440 g/mol. The SMILES string of the molecule is C[C@H]1CN(C(=O)COc2cc(F)ccc2F)CCN1C(=O)COc1cc(F)ccc1F. The summed E-state index contributed by atoms with van der Waals surface area (Å²) in [7, 11) is 0. The summed E-state index contributed by atoms with van der Waals surface area (Å²) in [5, 5.41) is 0. The molecule has 6 nitrogen and oxygen atoms in total. The number of benzene rings is 2. The van der Waals surface area contributed by atoms with Crippen LogP contribution in [0.4, 0.5) is 17.6 Å². The Balaban J connectivity index is 1.50. The van der Waals surface area contributed by atoms with Gasteiger partial charge in [0, 0.05) is 37.8 Å². The summed E-state index contributed by atoms with van der Waals surface area (Å²) in [6.45, 7) is 1.32. The molecule has 31 heavy (non-hydrogen) atoms. The molecule has 0 radical (unpaired) electrons. The van der Waals surface area contributed by atoms with Crippen molar-refractivity contribution in [2.24, 2.45) is 0 Å². The minimum absolute atomic E-state index is 0.188. The Labute approximate surface area is 175 Å². The van der Waals surface area contributed by atoms with Gasteiger partial charge in [-0.3, -0.25) is 9.59 Å². The molecule has 0 aliphatic carbocycles. The van der Waals surface area contributed by atoms with Crippen molar-refractivity contribution < 1.29 is 36.6 Å². The van der Waals surface area contributed by atoms with Crippen LogP contribution in [-0.4, -0.2) is 60.5 Å². The molecule has 0 saturated carbocycles. The van der Waals surface area contributed by atoms with Crippen LogP contribution in [-0.2, 0) is 9.59 Å². The van der Waals surface area contributed by atoms with Gasteiger partial charge in [0.1, 0.15) is 11.6 Å². The molecule has 1 saturated heterocycles. The molecule has 0 spiro atoms. The molecule has 3 rings (SSSR count). The van der Waals surface area contributed by atoms with Crippen molar-refractivity contribution in [2.45, 2.75) is 13.0 Å². The molecule has 1 heterocycles. The van der Waals surface area contributed by atoms with Gasteiger partial charge in [0.2, 0.25) is 0 Å². The van der Waals surface area contributed by atoms with E-state index in [1.165, 1.54) is 9.80 Å². The Morgan fingerprint density at radius 1 is 0.871 bits per heavy atom. The maximum atomic E-state index is 13.6. The number of piperazine rings is 1. The van der Waals surface area contributed by atoms with E-state index in [1.54, 1.807) is 6.92 Å². The van der Waals surface area contributed by atoms with Crippen molar-refractivity contribution in [1.82, 2.24) is 9.80 Å². The van der Waals surface area contributed by atoms with Crippen molar-refractivity contribution in [3.8, 4) is 11.5 Å². The number of halogens is 4. The summed E-state index contributed by atoms with van der Waals surface area (Å²) in [5.74, 6) is -4.56. The number of rotatable bonds is 6. The van der Waals surface area contributed by atoms with Gasteiger partial charge in [0.25, 0.3) is 11.8 Å². The normalized spacial score (nSPS) is 16.2. The van der Waals surface area contributed by atoms with Crippen LogP contribution < -0.4 is 9.47 Å². The molecule has 0 N–H and O–H groups in total. The molecule has 1 aliphatic rings.